The van der Waals surface area contributed by atoms with Crippen LogP contribution in [0.1, 0.15) is 6.42 Å². The molecule has 1 aliphatic rings. The first-order valence-corrected chi connectivity index (χ1v) is 6.89. The number of thioether (sulfide) groups is 1. The van der Waals surface area contributed by atoms with Crippen molar-refractivity contribution in [1.29, 1.82) is 0 Å². The van der Waals surface area contributed by atoms with E-state index in [1.54, 1.807) is 18.2 Å². The standard InChI is InChI=1S/C11H9Cl2N3O2S/c12-5-2-1-3-6(9(5)13)15-10(18)7-4-8(17)16-11(14)19-7/h1-3,7H,4H2,(H,15,18)(H2,14,16,17)/t7-/m0/s1. The van der Waals surface area contributed by atoms with Crippen molar-refractivity contribution in [3.63, 3.8) is 0 Å². The maximum absolute atomic E-state index is 12.0. The summed E-state index contributed by atoms with van der Waals surface area (Å²) >= 11 is 12.9. The Kier molecular flexibility index (Phi) is 4.34. The summed E-state index contributed by atoms with van der Waals surface area (Å²) in [5.74, 6) is -0.769. The molecule has 0 saturated carbocycles. The minimum Gasteiger partial charge on any atom is -0.378 e. The Hall–Kier alpha value is -1.24. The van der Waals surface area contributed by atoms with E-state index in [1.807, 2.05) is 0 Å². The van der Waals surface area contributed by atoms with E-state index in [2.05, 4.69) is 10.3 Å². The van der Waals surface area contributed by atoms with Gasteiger partial charge in [0.2, 0.25) is 11.8 Å². The van der Waals surface area contributed by atoms with Crippen LogP contribution < -0.4 is 11.1 Å². The number of amides is 2. The van der Waals surface area contributed by atoms with Gasteiger partial charge in [-0.2, -0.15) is 4.99 Å². The van der Waals surface area contributed by atoms with E-state index in [1.165, 1.54) is 0 Å². The quantitative estimate of drug-likeness (QED) is 0.876. The molecule has 1 aliphatic heterocycles. The zero-order valence-electron chi connectivity index (χ0n) is 9.52. The average Bonchev–Trinajstić information content (AvgIpc) is 2.33. The molecule has 0 unspecified atom stereocenters. The highest BCUT2D eigenvalue weighted by molar-refractivity contribution is 8.15. The van der Waals surface area contributed by atoms with Gasteiger partial charge in [0.25, 0.3) is 0 Å². The van der Waals surface area contributed by atoms with Crippen molar-refractivity contribution < 1.29 is 9.59 Å². The SMILES string of the molecule is NC1=NC(=O)C[C@@H](C(=O)Nc2cccc(Cl)c2Cl)S1. The van der Waals surface area contributed by atoms with Crippen molar-refractivity contribution in [3.05, 3.63) is 28.2 Å². The fraction of sp³-hybridized carbons (Fsp3) is 0.182. The third-order valence-electron chi connectivity index (χ3n) is 2.36. The Morgan fingerprint density at radius 1 is 1.47 bits per heavy atom. The number of amidine groups is 1. The summed E-state index contributed by atoms with van der Waals surface area (Å²) in [7, 11) is 0. The molecule has 5 nitrogen and oxygen atoms in total. The lowest BCUT2D eigenvalue weighted by molar-refractivity contribution is -0.121. The number of rotatable bonds is 2. The number of aliphatic imine (C=N–C) groups is 1. The van der Waals surface area contributed by atoms with Crippen molar-refractivity contribution in [2.75, 3.05) is 5.32 Å². The molecule has 8 heteroatoms. The summed E-state index contributed by atoms with van der Waals surface area (Å²) in [6.45, 7) is 0. The number of hydrogen-bond donors (Lipinski definition) is 2. The molecule has 2 rings (SSSR count). The molecule has 1 heterocycles. The fourth-order valence-corrected chi connectivity index (χ4v) is 2.69. The summed E-state index contributed by atoms with van der Waals surface area (Å²) in [5, 5.41) is 2.70. The Morgan fingerprint density at radius 2 is 2.21 bits per heavy atom. The van der Waals surface area contributed by atoms with Gasteiger partial charge < -0.3 is 11.1 Å². The molecule has 0 fully saturated rings. The third kappa shape index (κ3) is 3.40. The van der Waals surface area contributed by atoms with Crippen LogP contribution in [0.5, 0.6) is 0 Å². The molecule has 2 amide bonds. The molecule has 0 spiro atoms. The molecule has 0 aliphatic carbocycles. The number of nitrogens with zero attached hydrogens (tertiary/aromatic N) is 1. The minimum absolute atomic E-state index is 0.00931. The van der Waals surface area contributed by atoms with Gasteiger partial charge in [-0.05, 0) is 12.1 Å². The smallest absolute Gasteiger partial charge is 0.249 e. The highest BCUT2D eigenvalue weighted by Crippen LogP contribution is 2.30. The third-order valence-corrected chi connectivity index (χ3v) is 4.18. The second-order valence-electron chi connectivity index (χ2n) is 3.75. The van der Waals surface area contributed by atoms with E-state index in [-0.39, 0.29) is 22.5 Å². The van der Waals surface area contributed by atoms with Crippen molar-refractivity contribution in [2.45, 2.75) is 11.7 Å². The summed E-state index contributed by atoms with van der Waals surface area (Å²) in [6.07, 6.45) is 0.00931. The molecule has 0 radical (unpaired) electrons. The number of halogens is 2. The largest absolute Gasteiger partial charge is 0.378 e. The molecule has 1 aromatic rings. The van der Waals surface area contributed by atoms with Crippen LogP contribution in [0.25, 0.3) is 0 Å². The van der Waals surface area contributed by atoms with Gasteiger partial charge in [0.05, 0.1) is 22.2 Å². The lowest BCUT2D eigenvalue weighted by atomic mass is 10.2. The topological polar surface area (TPSA) is 84.5 Å². The van der Waals surface area contributed by atoms with E-state index in [4.69, 9.17) is 28.9 Å². The molecular formula is C11H9Cl2N3O2S. The molecule has 100 valence electrons. The van der Waals surface area contributed by atoms with E-state index >= 15 is 0 Å². The normalized spacial score (nSPS) is 18.9. The van der Waals surface area contributed by atoms with Gasteiger partial charge >= 0.3 is 0 Å². The monoisotopic (exact) mass is 317 g/mol. The van der Waals surface area contributed by atoms with Crippen molar-refractivity contribution >= 4 is 57.6 Å². The first kappa shape index (κ1) is 14.2. The summed E-state index contributed by atoms with van der Waals surface area (Å²) in [5.41, 5.74) is 5.86. The lowest BCUT2D eigenvalue weighted by Gasteiger charge is -2.18. The molecule has 0 aromatic heterocycles. The molecule has 1 atom stereocenters. The van der Waals surface area contributed by atoms with Gasteiger partial charge in [-0.3, -0.25) is 9.59 Å². The second kappa shape index (κ2) is 5.81. The van der Waals surface area contributed by atoms with Crippen molar-refractivity contribution in [3.8, 4) is 0 Å². The van der Waals surface area contributed by atoms with Crippen molar-refractivity contribution in [2.24, 2.45) is 10.7 Å². The maximum Gasteiger partial charge on any atom is 0.249 e. The Balaban J connectivity index is 2.12. The molecule has 0 bridgehead atoms. The summed E-state index contributed by atoms with van der Waals surface area (Å²) in [6, 6.07) is 4.90. The average molecular weight is 318 g/mol. The number of hydrogen-bond acceptors (Lipinski definition) is 4. The second-order valence-corrected chi connectivity index (χ2v) is 5.75. The number of nitrogens with two attached hydrogens (primary N) is 1. The zero-order valence-corrected chi connectivity index (χ0v) is 11.9. The van der Waals surface area contributed by atoms with E-state index in [0.29, 0.717) is 10.7 Å². The van der Waals surface area contributed by atoms with Gasteiger partial charge in [-0.1, -0.05) is 41.0 Å². The Labute approximate surface area is 123 Å². The summed E-state index contributed by atoms with van der Waals surface area (Å²) in [4.78, 5) is 26.8. The first-order chi connectivity index (χ1) is 8.97. The van der Waals surface area contributed by atoms with Crippen molar-refractivity contribution in [1.82, 2.24) is 0 Å². The maximum atomic E-state index is 12.0. The van der Waals surface area contributed by atoms with Crippen LogP contribution in [0, 0.1) is 0 Å². The first-order valence-electron chi connectivity index (χ1n) is 5.26. The number of benzene rings is 1. The Morgan fingerprint density at radius 3 is 2.89 bits per heavy atom. The highest BCUT2D eigenvalue weighted by Gasteiger charge is 2.28. The Bertz CT molecular complexity index is 577. The van der Waals surface area contributed by atoms with Gasteiger partial charge in [0.15, 0.2) is 5.17 Å². The number of anilines is 1. The zero-order chi connectivity index (χ0) is 14.0. The van der Waals surface area contributed by atoms with E-state index in [0.717, 1.165) is 11.8 Å². The predicted octanol–water partition coefficient (Wildman–Crippen LogP) is 2.28. The van der Waals surface area contributed by atoms with Gasteiger partial charge in [0.1, 0.15) is 5.25 Å². The molecule has 19 heavy (non-hydrogen) atoms. The highest BCUT2D eigenvalue weighted by atomic mass is 35.5. The van der Waals surface area contributed by atoms with Crippen LogP contribution in [-0.2, 0) is 9.59 Å². The van der Waals surface area contributed by atoms with Crippen LogP contribution in [0.2, 0.25) is 10.0 Å². The minimum atomic E-state index is -0.611. The summed E-state index contributed by atoms with van der Waals surface area (Å²) < 4.78 is 0. The van der Waals surface area contributed by atoms with Gasteiger partial charge in [0, 0.05) is 0 Å². The molecule has 1 aromatic carbocycles. The molecule has 3 N–H and O–H groups in total. The molecular weight excluding hydrogens is 309 g/mol. The fourth-order valence-electron chi connectivity index (χ4n) is 1.50. The number of carbonyl (C=O) groups excluding carboxylic acids is 2. The van der Waals surface area contributed by atoms with Gasteiger partial charge in [-0.15, -0.1) is 0 Å². The van der Waals surface area contributed by atoms with Crippen LogP contribution in [0.3, 0.4) is 0 Å². The van der Waals surface area contributed by atoms with Gasteiger partial charge in [-0.25, -0.2) is 0 Å². The number of carbonyl (C=O) groups is 2. The van der Waals surface area contributed by atoms with Crippen LogP contribution in [0.15, 0.2) is 23.2 Å². The molecule has 0 saturated heterocycles. The predicted molar refractivity (Wildman–Crippen MR) is 77.7 cm³/mol. The van der Waals surface area contributed by atoms with E-state index < -0.39 is 11.2 Å². The van der Waals surface area contributed by atoms with E-state index in [9.17, 15) is 9.59 Å². The van der Waals surface area contributed by atoms with Crippen LogP contribution in [0.4, 0.5) is 5.69 Å². The number of nitrogens with one attached hydrogen (secondary N) is 1. The lowest BCUT2D eigenvalue weighted by Crippen LogP contribution is -2.33. The van der Waals surface area contributed by atoms with Crippen LogP contribution in [-0.4, -0.2) is 22.2 Å². The van der Waals surface area contributed by atoms with Crippen LogP contribution >= 0.6 is 35.0 Å².